The minimum atomic E-state index is -4.97. The van der Waals surface area contributed by atoms with Crippen molar-refractivity contribution in [2.75, 3.05) is 31.1 Å². The number of nitrogens with zero attached hydrogens (tertiary/aromatic N) is 5. The molecule has 5 nitrogen and oxygen atoms in total. The molecule has 0 bridgehead atoms. The van der Waals surface area contributed by atoms with E-state index in [1.54, 1.807) is 18.9 Å². The molecule has 0 N–H and O–H groups in total. The number of aromatic nitrogens is 3. The van der Waals surface area contributed by atoms with Crippen LogP contribution in [0.4, 0.5) is 27.8 Å². The molecule has 2 aromatic carbocycles. The van der Waals surface area contributed by atoms with Gasteiger partial charge in [0.1, 0.15) is 17.3 Å². The molecule has 0 atom stereocenters. The first-order valence-electron chi connectivity index (χ1n) is 11.3. The number of piperazine rings is 1. The Hall–Kier alpha value is -3.18. The molecule has 0 aliphatic carbocycles. The van der Waals surface area contributed by atoms with Gasteiger partial charge in [0.2, 0.25) is 0 Å². The van der Waals surface area contributed by atoms with Crippen molar-refractivity contribution < 1.29 is 22.0 Å². The van der Waals surface area contributed by atoms with Gasteiger partial charge in [0.05, 0.1) is 23.0 Å². The lowest BCUT2D eigenvalue weighted by Gasteiger charge is -2.34. The van der Waals surface area contributed by atoms with Crippen molar-refractivity contribution in [1.82, 2.24) is 19.1 Å². The third-order valence-corrected chi connectivity index (χ3v) is 7.32. The molecule has 5 rings (SSSR count). The van der Waals surface area contributed by atoms with Crippen molar-refractivity contribution in [2.45, 2.75) is 24.9 Å². The number of benzene rings is 2. The Bertz CT molecular complexity index is 1410. The fourth-order valence-electron chi connectivity index (χ4n) is 4.26. The average Bonchev–Trinajstić information content (AvgIpc) is 3.18. The molecule has 0 saturated carbocycles. The van der Waals surface area contributed by atoms with Gasteiger partial charge >= 0.3 is 6.18 Å². The predicted molar refractivity (Wildman–Crippen MR) is 129 cm³/mol. The molecule has 36 heavy (non-hydrogen) atoms. The monoisotopic (exact) mass is 519 g/mol. The second kappa shape index (κ2) is 9.36. The zero-order valence-corrected chi connectivity index (χ0v) is 20.3. The maximum absolute atomic E-state index is 14.9. The average molecular weight is 520 g/mol. The zero-order valence-electron chi connectivity index (χ0n) is 19.5. The lowest BCUT2D eigenvalue weighted by atomic mass is 10.1. The van der Waals surface area contributed by atoms with Gasteiger partial charge in [0.15, 0.2) is 5.82 Å². The van der Waals surface area contributed by atoms with Crippen LogP contribution < -0.4 is 4.90 Å². The Morgan fingerprint density at radius 1 is 0.917 bits per heavy atom. The lowest BCUT2D eigenvalue weighted by Crippen LogP contribution is -2.43. The Balaban J connectivity index is 1.43. The molecule has 0 unspecified atom stereocenters. The van der Waals surface area contributed by atoms with Crippen LogP contribution in [-0.2, 0) is 6.18 Å². The van der Waals surface area contributed by atoms with Crippen molar-refractivity contribution in [3.63, 3.8) is 0 Å². The largest absolute Gasteiger partial charge is 0.419 e. The first-order chi connectivity index (χ1) is 17.1. The summed E-state index contributed by atoms with van der Waals surface area (Å²) in [5.74, 6) is -2.01. The maximum atomic E-state index is 14.9. The standard InChI is InChI=1S/C25H22F5N5S/c1-15-23(26)19(25(28,29)30)13-20(24(15)27)35-21-14-31-22(12-18(21)16(2)32-35)33-8-10-34(11-9-33)36-17-6-4-3-5-7-17/h3-7,12-14H,8-11H2,1-2H3. The highest BCUT2D eigenvalue weighted by molar-refractivity contribution is 7.97. The van der Waals surface area contributed by atoms with Crippen molar-refractivity contribution in [3.05, 3.63) is 77.1 Å². The number of pyridine rings is 1. The molecule has 188 valence electrons. The summed E-state index contributed by atoms with van der Waals surface area (Å²) in [5, 5.41) is 4.91. The summed E-state index contributed by atoms with van der Waals surface area (Å²) in [6.07, 6.45) is -3.50. The van der Waals surface area contributed by atoms with E-state index in [1.165, 1.54) is 11.1 Å². The Morgan fingerprint density at radius 2 is 1.61 bits per heavy atom. The van der Waals surface area contributed by atoms with Gasteiger partial charge in [-0.05, 0) is 50.1 Å². The summed E-state index contributed by atoms with van der Waals surface area (Å²) in [4.78, 5) is 7.80. The van der Waals surface area contributed by atoms with E-state index in [0.29, 0.717) is 28.5 Å². The molecule has 1 fully saturated rings. The summed E-state index contributed by atoms with van der Waals surface area (Å²) in [7, 11) is 0. The van der Waals surface area contributed by atoms with Gasteiger partial charge in [0.25, 0.3) is 0 Å². The molecule has 0 spiro atoms. The molecular formula is C25H22F5N5S. The topological polar surface area (TPSA) is 37.2 Å². The van der Waals surface area contributed by atoms with Gasteiger partial charge in [-0.15, -0.1) is 0 Å². The minimum Gasteiger partial charge on any atom is -0.354 e. The van der Waals surface area contributed by atoms with Crippen LogP contribution in [0.3, 0.4) is 0 Å². The fraction of sp³-hybridized carbons (Fsp3) is 0.280. The summed E-state index contributed by atoms with van der Waals surface area (Å²) >= 11 is 1.70. The third kappa shape index (κ3) is 4.53. The molecule has 1 saturated heterocycles. The van der Waals surface area contributed by atoms with E-state index in [-0.39, 0.29) is 0 Å². The molecule has 1 aliphatic heterocycles. The van der Waals surface area contributed by atoms with E-state index in [2.05, 4.69) is 31.4 Å². The van der Waals surface area contributed by atoms with Crippen molar-refractivity contribution in [1.29, 1.82) is 0 Å². The normalized spacial score (nSPS) is 15.1. The smallest absolute Gasteiger partial charge is 0.354 e. The van der Waals surface area contributed by atoms with Crippen LogP contribution in [0.5, 0.6) is 0 Å². The second-order valence-corrected chi connectivity index (χ2v) is 9.74. The molecular weight excluding hydrogens is 497 g/mol. The van der Waals surface area contributed by atoms with Gasteiger partial charge in [-0.25, -0.2) is 22.8 Å². The molecule has 2 aromatic heterocycles. The fourth-order valence-corrected chi connectivity index (χ4v) is 5.19. The Labute approximate surface area is 208 Å². The highest BCUT2D eigenvalue weighted by atomic mass is 32.2. The molecule has 4 aromatic rings. The van der Waals surface area contributed by atoms with Gasteiger partial charge in [0, 0.05) is 42.0 Å². The van der Waals surface area contributed by atoms with E-state index in [9.17, 15) is 22.0 Å². The van der Waals surface area contributed by atoms with Crippen LogP contribution >= 0.6 is 11.9 Å². The van der Waals surface area contributed by atoms with Crippen molar-refractivity contribution >= 4 is 28.7 Å². The van der Waals surface area contributed by atoms with Crippen LogP contribution in [0.1, 0.15) is 16.8 Å². The number of hydrogen-bond acceptors (Lipinski definition) is 5. The zero-order chi connectivity index (χ0) is 25.6. The van der Waals surface area contributed by atoms with E-state index >= 15 is 0 Å². The highest BCUT2D eigenvalue weighted by Gasteiger charge is 2.37. The van der Waals surface area contributed by atoms with E-state index in [1.807, 2.05) is 24.3 Å². The van der Waals surface area contributed by atoms with Crippen LogP contribution in [0.25, 0.3) is 16.6 Å². The second-order valence-electron chi connectivity index (χ2n) is 8.57. The summed E-state index contributed by atoms with van der Waals surface area (Å²) in [6, 6.07) is 12.4. The first kappa shape index (κ1) is 24.5. The van der Waals surface area contributed by atoms with Gasteiger partial charge in [-0.1, -0.05) is 18.2 Å². The quantitative estimate of drug-likeness (QED) is 0.238. The molecule has 3 heterocycles. The SMILES string of the molecule is Cc1c(F)c(-n2nc(C)c3cc(N4CCN(Sc5ccccc5)CC4)ncc32)cc(C(F)(F)F)c1F. The first-order valence-corrected chi connectivity index (χ1v) is 12.1. The van der Waals surface area contributed by atoms with Gasteiger partial charge in [-0.2, -0.15) is 18.3 Å². The van der Waals surface area contributed by atoms with Crippen LogP contribution in [0.15, 0.2) is 53.6 Å². The van der Waals surface area contributed by atoms with Gasteiger partial charge in [-0.3, -0.25) is 0 Å². The number of halogens is 5. The van der Waals surface area contributed by atoms with E-state index < -0.39 is 34.6 Å². The van der Waals surface area contributed by atoms with Crippen molar-refractivity contribution in [2.24, 2.45) is 0 Å². The number of hydrogen-bond donors (Lipinski definition) is 0. The van der Waals surface area contributed by atoms with E-state index in [0.717, 1.165) is 37.8 Å². The third-order valence-electron chi connectivity index (χ3n) is 6.21. The summed E-state index contributed by atoms with van der Waals surface area (Å²) in [5.41, 5.74) is -1.87. The predicted octanol–water partition coefficient (Wildman–Crippen LogP) is 6.16. The Kier molecular flexibility index (Phi) is 6.37. The van der Waals surface area contributed by atoms with Crippen molar-refractivity contribution in [3.8, 4) is 5.69 Å². The number of rotatable bonds is 4. The molecule has 0 radical (unpaired) electrons. The van der Waals surface area contributed by atoms with Crippen LogP contribution in [0, 0.1) is 25.5 Å². The summed E-state index contributed by atoms with van der Waals surface area (Å²) < 4.78 is 72.5. The number of aryl methyl sites for hydroxylation is 1. The molecule has 11 heteroatoms. The number of fused-ring (bicyclic) bond motifs is 1. The number of alkyl halides is 3. The Morgan fingerprint density at radius 3 is 2.28 bits per heavy atom. The van der Waals surface area contributed by atoms with E-state index in [4.69, 9.17) is 0 Å². The van der Waals surface area contributed by atoms with Crippen LogP contribution in [-0.4, -0.2) is 45.2 Å². The number of anilines is 1. The molecule has 1 aliphatic rings. The maximum Gasteiger partial charge on any atom is 0.419 e. The minimum absolute atomic E-state index is 0.340. The lowest BCUT2D eigenvalue weighted by molar-refractivity contribution is -0.140. The highest BCUT2D eigenvalue weighted by Crippen LogP contribution is 2.37. The van der Waals surface area contributed by atoms with Gasteiger partial charge < -0.3 is 4.90 Å². The molecule has 0 amide bonds. The van der Waals surface area contributed by atoms with Crippen LogP contribution in [0.2, 0.25) is 0 Å². The summed E-state index contributed by atoms with van der Waals surface area (Å²) in [6.45, 7) is 5.79.